The Balaban J connectivity index is 2.45. The van der Waals surface area contributed by atoms with E-state index in [0.29, 0.717) is 0 Å². The van der Waals surface area contributed by atoms with E-state index < -0.39 is 17.6 Å². The van der Waals surface area contributed by atoms with Gasteiger partial charge in [0.25, 0.3) is 0 Å². The first-order chi connectivity index (χ1) is 7.34. The summed E-state index contributed by atoms with van der Waals surface area (Å²) in [7, 11) is 0. The van der Waals surface area contributed by atoms with E-state index in [4.69, 9.17) is 10.8 Å². The Morgan fingerprint density at radius 1 is 1.44 bits per heavy atom. The normalized spacial score (nSPS) is 20.0. The molecule has 1 fully saturated rings. The lowest BCUT2D eigenvalue weighted by molar-refractivity contribution is -0.143. The predicted molar refractivity (Wildman–Crippen MR) is 59.8 cm³/mol. The van der Waals surface area contributed by atoms with Gasteiger partial charge in [0.2, 0.25) is 5.91 Å². The van der Waals surface area contributed by atoms with Crippen LogP contribution in [0.15, 0.2) is 0 Å². The zero-order valence-corrected chi connectivity index (χ0v) is 9.82. The molecule has 0 radical (unpaired) electrons. The molecule has 92 valence electrons. The second kappa shape index (κ2) is 4.82. The number of nitrogens with one attached hydrogen (secondary N) is 1. The van der Waals surface area contributed by atoms with Crippen LogP contribution < -0.4 is 11.1 Å². The first kappa shape index (κ1) is 13.0. The third kappa shape index (κ3) is 3.20. The summed E-state index contributed by atoms with van der Waals surface area (Å²) in [5, 5.41) is 11.4. The molecule has 5 nitrogen and oxygen atoms in total. The molecule has 0 unspecified atom stereocenters. The highest BCUT2D eigenvalue weighted by atomic mass is 16.4. The van der Waals surface area contributed by atoms with Crippen molar-refractivity contribution in [2.75, 3.05) is 0 Å². The Labute approximate surface area is 95.4 Å². The van der Waals surface area contributed by atoms with E-state index in [1.807, 2.05) is 0 Å². The molecule has 1 atom stereocenters. The molecule has 0 aromatic heterocycles. The maximum absolute atomic E-state index is 11.6. The summed E-state index contributed by atoms with van der Waals surface area (Å²) < 4.78 is 0. The van der Waals surface area contributed by atoms with Crippen LogP contribution in [0.3, 0.4) is 0 Å². The monoisotopic (exact) mass is 228 g/mol. The van der Waals surface area contributed by atoms with Gasteiger partial charge in [0.1, 0.15) is 6.04 Å². The van der Waals surface area contributed by atoms with Crippen LogP contribution in [0.1, 0.15) is 39.5 Å². The average molecular weight is 228 g/mol. The van der Waals surface area contributed by atoms with Gasteiger partial charge in [-0.1, -0.05) is 13.8 Å². The molecule has 0 bridgehead atoms. The summed E-state index contributed by atoms with van der Waals surface area (Å²) in [6.45, 7) is 3.53. The summed E-state index contributed by atoms with van der Waals surface area (Å²) in [5.41, 5.74) is 5.52. The van der Waals surface area contributed by atoms with Gasteiger partial charge in [-0.05, 0) is 25.2 Å². The van der Waals surface area contributed by atoms with Crippen molar-refractivity contribution in [2.45, 2.75) is 51.1 Å². The number of hydrogen-bond acceptors (Lipinski definition) is 3. The zero-order chi connectivity index (χ0) is 12.3. The molecule has 1 aliphatic rings. The average Bonchev–Trinajstić information content (AvgIpc) is 2.10. The topological polar surface area (TPSA) is 92.4 Å². The minimum atomic E-state index is -0.997. The number of carbonyl (C=O) groups is 2. The highest BCUT2D eigenvalue weighted by Crippen LogP contribution is 2.31. The number of nitrogens with two attached hydrogens (primary N) is 1. The smallest absolute Gasteiger partial charge is 0.326 e. The number of aliphatic carboxylic acids is 1. The van der Waals surface area contributed by atoms with Crippen LogP contribution in [0.5, 0.6) is 0 Å². The SMILES string of the molecule is CC(C)[C@@H](NC(=O)CC1(N)CCC1)C(=O)O. The first-order valence-electron chi connectivity index (χ1n) is 5.65. The summed E-state index contributed by atoms with van der Waals surface area (Å²) in [6.07, 6.45) is 2.97. The second-order valence-electron chi connectivity index (χ2n) is 5.02. The van der Waals surface area contributed by atoms with Gasteiger partial charge < -0.3 is 16.2 Å². The number of carbonyl (C=O) groups excluding carboxylic acids is 1. The summed E-state index contributed by atoms with van der Waals surface area (Å²) in [4.78, 5) is 22.5. The fourth-order valence-electron chi connectivity index (χ4n) is 1.87. The first-order valence-corrected chi connectivity index (χ1v) is 5.65. The van der Waals surface area contributed by atoms with Gasteiger partial charge in [-0.25, -0.2) is 4.79 Å². The summed E-state index contributed by atoms with van der Waals surface area (Å²) in [5.74, 6) is -1.39. The van der Waals surface area contributed by atoms with E-state index in [1.54, 1.807) is 13.8 Å². The maximum Gasteiger partial charge on any atom is 0.326 e. The Hall–Kier alpha value is -1.10. The lowest BCUT2D eigenvalue weighted by atomic mass is 9.75. The minimum absolute atomic E-state index is 0.128. The molecule has 1 aliphatic carbocycles. The van der Waals surface area contributed by atoms with Gasteiger partial charge in [0, 0.05) is 12.0 Å². The predicted octanol–water partition coefficient (Wildman–Crippen LogP) is 0.483. The Morgan fingerprint density at radius 3 is 2.31 bits per heavy atom. The third-order valence-corrected chi connectivity index (χ3v) is 3.11. The molecule has 1 saturated carbocycles. The Bertz CT molecular complexity index is 285. The second-order valence-corrected chi connectivity index (χ2v) is 5.02. The van der Waals surface area contributed by atoms with Gasteiger partial charge in [-0.15, -0.1) is 0 Å². The van der Waals surface area contributed by atoms with Crippen molar-refractivity contribution in [2.24, 2.45) is 11.7 Å². The van der Waals surface area contributed by atoms with E-state index in [2.05, 4.69) is 5.32 Å². The molecule has 16 heavy (non-hydrogen) atoms. The molecule has 1 amide bonds. The van der Waals surface area contributed by atoms with Gasteiger partial charge in [0.15, 0.2) is 0 Å². The third-order valence-electron chi connectivity index (χ3n) is 3.11. The van der Waals surface area contributed by atoms with Crippen molar-refractivity contribution >= 4 is 11.9 Å². The molecule has 0 spiro atoms. The largest absolute Gasteiger partial charge is 0.480 e. The van der Waals surface area contributed by atoms with Crippen molar-refractivity contribution in [3.63, 3.8) is 0 Å². The highest BCUT2D eigenvalue weighted by molar-refractivity contribution is 5.84. The van der Waals surface area contributed by atoms with Crippen molar-refractivity contribution in [3.8, 4) is 0 Å². The number of carboxylic acids is 1. The molecule has 0 heterocycles. The van der Waals surface area contributed by atoms with E-state index in [9.17, 15) is 9.59 Å². The van der Waals surface area contributed by atoms with Crippen molar-refractivity contribution in [3.05, 3.63) is 0 Å². The number of hydrogen-bond donors (Lipinski definition) is 3. The lowest BCUT2D eigenvalue weighted by Gasteiger charge is -2.37. The van der Waals surface area contributed by atoms with Crippen molar-refractivity contribution in [1.29, 1.82) is 0 Å². The minimum Gasteiger partial charge on any atom is -0.480 e. The molecule has 1 rings (SSSR count). The van der Waals surface area contributed by atoms with Crippen LogP contribution in [0.2, 0.25) is 0 Å². The van der Waals surface area contributed by atoms with Crippen LogP contribution in [0, 0.1) is 5.92 Å². The molecule has 0 aliphatic heterocycles. The van der Waals surface area contributed by atoms with Crippen LogP contribution in [-0.2, 0) is 9.59 Å². The van der Waals surface area contributed by atoms with E-state index >= 15 is 0 Å². The van der Waals surface area contributed by atoms with Crippen LogP contribution >= 0.6 is 0 Å². The molecular weight excluding hydrogens is 208 g/mol. The van der Waals surface area contributed by atoms with Crippen molar-refractivity contribution in [1.82, 2.24) is 5.32 Å². The summed E-state index contributed by atoms with van der Waals surface area (Å²) >= 11 is 0. The van der Waals surface area contributed by atoms with Gasteiger partial charge in [-0.2, -0.15) is 0 Å². The fraction of sp³-hybridized carbons (Fsp3) is 0.818. The van der Waals surface area contributed by atoms with Crippen molar-refractivity contribution < 1.29 is 14.7 Å². The summed E-state index contributed by atoms with van der Waals surface area (Å²) in [6, 6.07) is -0.823. The van der Waals surface area contributed by atoms with Crippen LogP contribution in [0.4, 0.5) is 0 Å². The van der Waals surface area contributed by atoms with Crippen LogP contribution in [-0.4, -0.2) is 28.6 Å². The van der Waals surface area contributed by atoms with E-state index in [0.717, 1.165) is 19.3 Å². The lowest BCUT2D eigenvalue weighted by Crippen LogP contribution is -2.52. The fourth-order valence-corrected chi connectivity index (χ4v) is 1.87. The van der Waals surface area contributed by atoms with Gasteiger partial charge >= 0.3 is 5.97 Å². The molecule has 0 aromatic rings. The zero-order valence-electron chi connectivity index (χ0n) is 9.82. The molecular formula is C11H20N2O3. The van der Waals surface area contributed by atoms with E-state index in [1.165, 1.54) is 0 Å². The number of rotatable bonds is 5. The molecule has 0 saturated heterocycles. The Morgan fingerprint density at radius 2 is 2.00 bits per heavy atom. The van der Waals surface area contributed by atoms with Gasteiger partial charge in [0.05, 0.1) is 0 Å². The van der Waals surface area contributed by atoms with E-state index in [-0.39, 0.29) is 18.2 Å². The maximum atomic E-state index is 11.6. The van der Waals surface area contributed by atoms with Gasteiger partial charge in [-0.3, -0.25) is 4.79 Å². The highest BCUT2D eigenvalue weighted by Gasteiger charge is 2.35. The Kier molecular flexibility index (Phi) is 3.91. The quantitative estimate of drug-likeness (QED) is 0.638. The molecule has 4 N–H and O–H groups in total. The number of amides is 1. The number of carboxylic acid groups (broad SMARTS) is 1. The molecule has 0 aromatic carbocycles. The molecule has 5 heteroatoms. The standard InChI is InChI=1S/C11H20N2O3/c1-7(2)9(10(15)16)13-8(14)6-11(12)4-3-5-11/h7,9H,3-6,12H2,1-2H3,(H,13,14)(H,15,16)/t9-/m1/s1. The van der Waals surface area contributed by atoms with Crippen LogP contribution in [0.25, 0.3) is 0 Å².